The minimum Gasteiger partial charge on any atom is -0.506 e. The van der Waals surface area contributed by atoms with Crippen molar-refractivity contribution in [2.45, 2.75) is 20.5 Å². The molecule has 1 aromatic carbocycles. The van der Waals surface area contributed by atoms with Crippen LogP contribution in [0.4, 0.5) is 0 Å². The average molecular weight is 373 g/mol. The molecule has 0 fully saturated rings. The van der Waals surface area contributed by atoms with Crippen molar-refractivity contribution < 1.29 is 14.3 Å². The first-order valence-electron chi connectivity index (χ1n) is 8.88. The van der Waals surface area contributed by atoms with E-state index in [9.17, 15) is 10.4 Å². The van der Waals surface area contributed by atoms with Gasteiger partial charge in [-0.3, -0.25) is 9.97 Å². The number of aromatic nitrogens is 2. The molecule has 3 heterocycles. The predicted octanol–water partition coefficient (Wildman–Crippen LogP) is 5.07. The summed E-state index contributed by atoms with van der Waals surface area (Å²) in [7, 11) is 0. The fourth-order valence-electron chi connectivity index (χ4n) is 2.60. The molecule has 6 heteroatoms. The quantitative estimate of drug-likeness (QED) is 0.537. The molecule has 0 spiro atoms. The molecule has 1 N–H and O–H groups in total. The lowest BCUT2D eigenvalue weighted by molar-refractivity contribution is 0.301. The minimum atomic E-state index is 0.119. The number of aromatic hydroxyl groups is 1. The second-order valence-corrected chi connectivity index (χ2v) is 5.64. The van der Waals surface area contributed by atoms with Crippen LogP contribution in [-0.4, -0.2) is 15.1 Å². The van der Waals surface area contributed by atoms with Gasteiger partial charge < -0.3 is 14.3 Å². The number of benzene rings is 1. The molecule has 4 aromatic rings. The molecule has 0 aliphatic heterocycles. The van der Waals surface area contributed by atoms with Gasteiger partial charge in [-0.25, -0.2) is 0 Å². The molecule has 3 aromatic heterocycles. The number of nitriles is 1. The topological polar surface area (TPSA) is 92.2 Å². The standard InChI is InChI=1S/C20H13N3O3.C2H6/c21-9-14-10-22-6-5-18(14)20-8-13-7-17(3-4-19(13)26-20)25-12-15-1-2-16(24)11-23-15;1-2/h1-8,10-11,24H,12H2;1-2H3. The minimum absolute atomic E-state index is 0.119. The fraction of sp³-hybridized carbons (Fsp3) is 0.136. The molecule has 0 saturated carbocycles. The molecule has 0 aliphatic carbocycles. The van der Waals surface area contributed by atoms with Gasteiger partial charge in [0.2, 0.25) is 0 Å². The van der Waals surface area contributed by atoms with E-state index >= 15 is 0 Å². The fourth-order valence-corrected chi connectivity index (χ4v) is 2.60. The van der Waals surface area contributed by atoms with Crippen LogP contribution in [0.25, 0.3) is 22.3 Å². The number of rotatable bonds is 4. The van der Waals surface area contributed by atoms with Gasteiger partial charge in [0.1, 0.15) is 35.5 Å². The molecular weight excluding hydrogens is 354 g/mol. The monoisotopic (exact) mass is 373 g/mol. The van der Waals surface area contributed by atoms with Crippen molar-refractivity contribution in [3.63, 3.8) is 0 Å². The Labute approximate surface area is 162 Å². The number of furan rings is 1. The summed E-state index contributed by atoms with van der Waals surface area (Å²) in [5.41, 5.74) is 2.58. The van der Waals surface area contributed by atoms with Crippen molar-refractivity contribution in [1.29, 1.82) is 5.26 Å². The average Bonchev–Trinajstić information content (AvgIpc) is 3.18. The van der Waals surface area contributed by atoms with Crippen molar-refractivity contribution >= 4 is 11.0 Å². The van der Waals surface area contributed by atoms with Crippen LogP contribution in [0.3, 0.4) is 0 Å². The smallest absolute Gasteiger partial charge is 0.136 e. The van der Waals surface area contributed by atoms with Crippen molar-refractivity contribution in [3.05, 3.63) is 72.3 Å². The molecular formula is C22H19N3O3. The molecule has 4 rings (SSSR count). The number of hydrogen-bond acceptors (Lipinski definition) is 6. The van der Waals surface area contributed by atoms with Crippen LogP contribution >= 0.6 is 0 Å². The molecule has 140 valence electrons. The van der Waals surface area contributed by atoms with E-state index in [-0.39, 0.29) is 5.75 Å². The van der Waals surface area contributed by atoms with E-state index < -0.39 is 0 Å². The van der Waals surface area contributed by atoms with E-state index in [2.05, 4.69) is 16.0 Å². The van der Waals surface area contributed by atoms with Crippen molar-refractivity contribution in [2.24, 2.45) is 0 Å². The normalized spacial score (nSPS) is 10.0. The summed E-state index contributed by atoms with van der Waals surface area (Å²) in [5, 5.41) is 19.3. The highest BCUT2D eigenvalue weighted by atomic mass is 16.5. The Bertz CT molecular complexity index is 1110. The molecule has 0 radical (unpaired) electrons. The molecule has 0 bridgehead atoms. The van der Waals surface area contributed by atoms with Crippen molar-refractivity contribution in [2.75, 3.05) is 0 Å². The first kappa shape index (κ1) is 18.9. The molecule has 28 heavy (non-hydrogen) atoms. The summed E-state index contributed by atoms with van der Waals surface area (Å²) in [4.78, 5) is 8.05. The number of hydrogen-bond donors (Lipinski definition) is 1. The Kier molecular flexibility index (Phi) is 5.87. The van der Waals surface area contributed by atoms with E-state index in [4.69, 9.17) is 9.15 Å². The highest BCUT2D eigenvalue weighted by molar-refractivity contribution is 5.85. The van der Waals surface area contributed by atoms with Gasteiger partial charge in [0.05, 0.1) is 17.5 Å². The Hall–Kier alpha value is -3.85. The zero-order valence-corrected chi connectivity index (χ0v) is 15.6. The summed E-state index contributed by atoms with van der Waals surface area (Å²) < 4.78 is 11.6. The molecule has 0 unspecified atom stereocenters. The van der Waals surface area contributed by atoms with Crippen LogP contribution in [-0.2, 0) is 6.61 Å². The number of ether oxygens (including phenoxy) is 1. The second-order valence-electron chi connectivity index (χ2n) is 5.64. The van der Waals surface area contributed by atoms with E-state index in [0.717, 1.165) is 5.39 Å². The Balaban J connectivity index is 0.00000109. The summed E-state index contributed by atoms with van der Waals surface area (Å²) in [6.07, 6.45) is 4.52. The van der Waals surface area contributed by atoms with Crippen molar-refractivity contribution in [1.82, 2.24) is 9.97 Å². The third-order valence-electron chi connectivity index (χ3n) is 3.89. The maximum atomic E-state index is 9.26. The molecule has 6 nitrogen and oxygen atoms in total. The summed E-state index contributed by atoms with van der Waals surface area (Å²) in [6.45, 7) is 4.29. The van der Waals surface area contributed by atoms with Crippen LogP contribution in [0.2, 0.25) is 0 Å². The highest BCUT2D eigenvalue weighted by Gasteiger charge is 2.11. The van der Waals surface area contributed by atoms with Gasteiger partial charge in [-0.15, -0.1) is 0 Å². The molecule has 0 amide bonds. The zero-order chi connectivity index (χ0) is 19.9. The van der Waals surface area contributed by atoms with Gasteiger partial charge in [-0.1, -0.05) is 13.8 Å². The zero-order valence-electron chi connectivity index (χ0n) is 15.6. The van der Waals surface area contributed by atoms with E-state index in [0.29, 0.717) is 40.5 Å². The lowest BCUT2D eigenvalue weighted by Crippen LogP contribution is -1.97. The summed E-state index contributed by atoms with van der Waals surface area (Å²) in [5.74, 6) is 1.40. The third-order valence-corrected chi connectivity index (χ3v) is 3.89. The first-order chi connectivity index (χ1) is 13.7. The molecule has 0 aliphatic rings. The Morgan fingerprint density at radius 2 is 1.96 bits per heavy atom. The van der Waals surface area contributed by atoms with Crippen LogP contribution < -0.4 is 4.74 Å². The highest BCUT2D eigenvalue weighted by Crippen LogP contribution is 2.31. The van der Waals surface area contributed by atoms with Crippen LogP contribution in [0.15, 0.2) is 65.5 Å². The largest absolute Gasteiger partial charge is 0.506 e. The number of nitrogens with zero attached hydrogens (tertiary/aromatic N) is 3. The lowest BCUT2D eigenvalue weighted by atomic mass is 10.1. The molecule has 0 saturated heterocycles. The van der Waals surface area contributed by atoms with E-state index in [1.165, 1.54) is 12.4 Å². The number of pyridine rings is 2. The van der Waals surface area contributed by atoms with Gasteiger partial charge >= 0.3 is 0 Å². The first-order valence-corrected chi connectivity index (χ1v) is 8.88. The Morgan fingerprint density at radius 3 is 2.71 bits per heavy atom. The predicted molar refractivity (Wildman–Crippen MR) is 106 cm³/mol. The van der Waals surface area contributed by atoms with Gasteiger partial charge in [-0.2, -0.15) is 5.26 Å². The second kappa shape index (κ2) is 8.69. The SMILES string of the molecule is CC.N#Cc1cnccc1-c1cc2cc(OCc3ccc(O)cn3)ccc2o1. The third kappa shape index (κ3) is 4.10. The van der Waals surface area contributed by atoms with E-state index in [1.54, 1.807) is 24.4 Å². The molecule has 0 atom stereocenters. The van der Waals surface area contributed by atoms with Crippen LogP contribution in [0, 0.1) is 11.3 Å². The maximum absolute atomic E-state index is 9.26. The number of fused-ring (bicyclic) bond motifs is 1. The van der Waals surface area contributed by atoms with Crippen LogP contribution in [0.5, 0.6) is 11.5 Å². The maximum Gasteiger partial charge on any atom is 0.136 e. The lowest BCUT2D eigenvalue weighted by Gasteiger charge is -2.05. The Morgan fingerprint density at radius 1 is 1.11 bits per heavy atom. The van der Waals surface area contributed by atoms with Gasteiger partial charge in [0.15, 0.2) is 0 Å². The van der Waals surface area contributed by atoms with Gasteiger partial charge in [0.25, 0.3) is 0 Å². The van der Waals surface area contributed by atoms with Crippen LogP contribution in [0.1, 0.15) is 25.1 Å². The van der Waals surface area contributed by atoms with E-state index in [1.807, 2.05) is 38.1 Å². The summed E-state index contributed by atoms with van der Waals surface area (Å²) in [6, 6.07) is 14.5. The van der Waals surface area contributed by atoms with Gasteiger partial charge in [-0.05, 0) is 42.5 Å². The van der Waals surface area contributed by atoms with Crippen molar-refractivity contribution in [3.8, 4) is 28.9 Å². The van der Waals surface area contributed by atoms with Gasteiger partial charge in [0, 0.05) is 23.3 Å². The summed E-state index contributed by atoms with van der Waals surface area (Å²) >= 11 is 0.